The van der Waals surface area contributed by atoms with Crippen LogP contribution in [0.3, 0.4) is 0 Å². The number of nitrogens with one attached hydrogen (secondary N) is 1. The molecule has 12 heteroatoms. The summed E-state index contributed by atoms with van der Waals surface area (Å²) in [5.41, 5.74) is 1.20. The van der Waals surface area contributed by atoms with Crippen molar-refractivity contribution in [2.24, 2.45) is 5.41 Å². The minimum Gasteiger partial charge on any atom is -0.494 e. The number of benzene rings is 4. The molecule has 0 aliphatic rings. The third kappa shape index (κ3) is 12.5. The molecule has 1 unspecified atom stereocenters. The Morgan fingerprint density at radius 3 is 1.88 bits per heavy atom. The molecular formula is C45H52N2O10. The van der Waals surface area contributed by atoms with E-state index in [-0.39, 0.29) is 6.42 Å². The number of hydrogen-bond donors (Lipinski definition) is 2. The van der Waals surface area contributed by atoms with Crippen LogP contribution in [-0.2, 0) is 25.6 Å². The summed E-state index contributed by atoms with van der Waals surface area (Å²) >= 11 is 0. The zero-order chi connectivity index (χ0) is 40.5. The van der Waals surface area contributed by atoms with Crippen LogP contribution in [0.5, 0.6) is 17.2 Å². The van der Waals surface area contributed by atoms with Gasteiger partial charge >= 0.3 is 24.0 Å². The number of para-hydroxylation sites is 2. The molecule has 302 valence electrons. The Kier molecular flexibility index (Phi) is 15.7. The van der Waals surface area contributed by atoms with Crippen molar-refractivity contribution in [3.8, 4) is 17.2 Å². The molecule has 1 amide bonds. The number of carboxylic acids is 1. The predicted octanol–water partition coefficient (Wildman–Crippen LogP) is 8.97. The lowest BCUT2D eigenvalue weighted by Crippen LogP contribution is -2.40. The van der Waals surface area contributed by atoms with E-state index in [1.54, 1.807) is 48.5 Å². The second-order valence-corrected chi connectivity index (χ2v) is 14.2. The molecule has 0 spiro atoms. The summed E-state index contributed by atoms with van der Waals surface area (Å²) in [6, 6.07) is 30.2. The van der Waals surface area contributed by atoms with Crippen molar-refractivity contribution in [3.63, 3.8) is 0 Å². The molecule has 0 fully saturated rings. The Labute approximate surface area is 333 Å². The summed E-state index contributed by atoms with van der Waals surface area (Å²) in [4.78, 5) is 49.3. The number of esters is 2. The maximum Gasteiger partial charge on any atom is 0.407 e. The quantitative estimate of drug-likeness (QED) is 0.0373. The van der Waals surface area contributed by atoms with E-state index in [1.807, 2.05) is 12.1 Å². The number of fused-ring (bicyclic) bond motifs is 3. The van der Waals surface area contributed by atoms with E-state index in [4.69, 9.17) is 23.7 Å². The van der Waals surface area contributed by atoms with Crippen molar-refractivity contribution in [1.29, 1.82) is 0 Å². The molecule has 0 saturated heterocycles. The molecule has 57 heavy (non-hydrogen) atoms. The standard InChI is InChI=1S/C45H52N2O10/c1-3-4-29-53-34-21-19-33(20-22-34)42(49)57-36-25-23-35(24-26-36)54-30-13-10-18-41(48)55-31-45(2,43(50)51)32-56-44(52)46-27-11-5-12-28-47-39-16-8-6-14-37(39)38-15-7-9-17-40(38)47/h6-9,14-17,19-26H,3-5,10-13,18,27-32H2,1-2H3,(H,46,52)(H,50,51). The average Bonchev–Trinajstić information content (AvgIpc) is 3.54. The first-order valence-electron chi connectivity index (χ1n) is 19.6. The highest BCUT2D eigenvalue weighted by molar-refractivity contribution is 6.07. The van der Waals surface area contributed by atoms with E-state index < -0.39 is 42.6 Å². The Morgan fingerprint density at radius 2 is 1.25 bits per heavy atom. The predicted molar refractivity (Wildman–Crippen MR) is 217 cm³/mol. The van der Waals surface area contributed by atoms with Gasteiger partial charge < -0.3 is 38.7 Å². The van der Waals surface area contributed by atoms with Gasteiger partial charge in [0.2, 0.25) is 0 Å². The van der Waals surface area contributed by atoms with Crippen LogP contribution in [0, 0.1) is 5.41 Å². The molecule has 2 N–H and O–H groups in total. The van der Waals surface area contributed by atoms with Gasteiger partial charge in [0, 0.05) is 41.3 Å². The van der Waals surface area contributed by atoms with Crippen molar-refractivity contribution in [3.05, 3.63) is 103 Å². The number of aryl methyl sites for hydroxylation is 1. The van der Waals surface area contributed by atoms with E-state index >= 15 is 0 Å². The topological polar surface area (TPSA) is 152 Å². The molecule has 0 radical (unpaired) electrons. The summed E-state index contributed by atoms with van der Waals surface area (Å²) in [5, 5.41) is 14.9. The Hall–Kier alpha value is -6.04. The molecule has 5 rings (SSSR count). The van der Waals surface area contributed by atoms with Gasteiger partial charge in [0.05, 0.1) is 18.8 Å². The van der Waals surface area contributed by atoms with E-state index in [0.717, 1.165) is 38.6 Å². The number of rotatable bonds is 23. The molecule has 5 aromatic rings. The fourth-order valence-corrected chi connectivity index (χ4v) is 6.11. The van der Waals surface area contributed by atoms with E-state index in [2.05, 4.69) is 53.2 Å². The summed E-state index contributed by atoms with van der Waals surface area (Å²) in [5.74, 6) is -0.643. The monoisotopic (exact) mass is 780 g/mol. The van der Waals surface area contributed by atoms with Crippen LogP contribution < -0.4 is 19.5 Å². The van der Waals surface area contributed by atoms with Crippen molar-refractivity contribution in [1.82, 2.24) is 9.88 Å². The van der Waals surface area contributed by atoms with Gasteiger partial charge in [-0.05, 0) is 106 Å². The number of aliphatic carboxylic acids is 1. The fourth-order valence-electron chi connectivity index (χ4n) is 6.11. The lowest BCUT2D eigenvalue weighted by Gasteiger charge is -2.24. The van der Waals surface area contributed by atoms with Gasteiger partial charge in [-0.1, -0.05) is 49.7 Å². The number of carbonyl (C=O) groups excluding carboxylic acids is 3. The highest BCUT2D eigenvalue weighted by Gasteiger charge is 2.37. The Bertz CT molecular complexity index is 2020. The minimum absolute atomic E-state index is 0.0674. The molecule has 12 nitrogen and oxygen atoms in total. The number of nitrogens with zero attached hydrogens (tertiary/aromatic N) is 1. The molecule has 0 bridgehead atoms. The number of alkyl carbamates (subject to hydrolysis) is 1. The van der Waals surface area contributed by atoms with Crippen molar-refractivity contribution in [2.75, 3.05) is 33.0 Å². The first kappa shape index (κ1) is 42.1. The van der Waals surface area contributed by atoms with Crippen LogP contribution in [0.25, 0.3) is 21.8 Å². The smallest absolute Gasteiger partial charge is 0.407 e. The highest BCUT2D eigenvalue weighted by atomic mass is 16.6. The molecule has 4 aromatic carbocycles. The summed E-state index contributed by atoms with van der Waals surface area (Å²) in [6.45, 7) is 4.76. The first-order chi connectivity index (χ1) is 27.7. The molecule has 0 saturated carbocycles. The maximum absolute atomic E-state index is 12.5. The van der Waals surface area contributed by atoms with Gasteiger partial charge in [-0.2, -0.15) is 0 Å². The van der Waals surface area contributed by atoms with Gasteiger partial charge in [0.1, 0.15) is 35.9 Å². The lowest BCUT2D eigenvalue weighted by molar-refractivity contribution is -0.160. The third-order valence-electron chi connectivity index (χ3n) is 9.53. The number of aromatic nitrogens is 1. The Morgan fingerprint density at radius 1 is 0.667 bits per heavy atom. The van der Waals surface area contributed by atoms with Gasteiger partial charge in [-0.25, -0.2) is 9.59 Å². The van der Waals surface area contributed by atoms with Crippen LogP contribution in [0.4, 0.5) is 4.79 Å². The van der Waals surface area contributed by atoms with Gasteiger partial charge in [-0.3, -0.25) is 9.59 Å². The summed E-state index contributed by atoms with van der Waals surface area (Å²) in [6.07, 6.45) is 4.90. The van der Waals surface area contributed by atoms with Crippen molar-refractivity contribution >= 4 is 45.8 Å². The lowest BCUT2D eigenvalue weighted by atomic mass is 9.93. The summed E-state index contributed by atoms with van der Waals surface area (Å²) < 4.78 is 29.6. The van der Waals surface area contributed by atoms with Gasteiger partial charge in [-0.15, -0.1) is 0 Å². The van der Waals surface area contributed by atoms with E-state index in [1.165, 1.54) is 28.7 Å². The van der Waals surface area contributed by atoms with Crippen molar-refractivity contribution < 1.29 is 48.0 Å². The highest BCUT2D eigenvalue weighted by Crippen LogP contribution is 2.29. The van der Waals surface area contributed by atoms with Crippen LogP contribution in [-0.4, -0.2) is 66.6 Å². The number of ether oxygens (including phenoxy) is 5. The van der Waals surface area contributed by atoms with Crippen molar-refractivity contribution in [2.45, 2.75) is 71.8 Å². The van der Waals surface area contributed by atoms with Crippen LogP contribution in [0.15, 0.2) is 97.1 Å². The van der Waals surface area contributed by atoms with Crippen LogP contribution in [0.2, 0.25) is 0 Å². The minimum atomic E-state index is -1.60. The van der Waals surface area contributed by atoms with E-state index in [0.29, 0.717) is 55.4 Å². The van der Waals surface area contributed by atoms with Crippen LogP contribution >= 0.6 is 0 Å². The summed E-state index contributed by atoms with van der Waals surface area (Å²) in [7, 11) is 0. The number of carbonyl (C=O) groups is 4. The third-order valence-corrected chi connectivity index (χ3v) is 9.53. The molecule has 0 aliphatic heterocycles. The molecule has 1 aromatic heterocycles. The zero-order valence-electron chi connectivity index (χ0n) is 32.7. The number of unbranched alkanes of at least 4 members (excludes halogenated alkanes) is 4. The molecule has 1 heterocycles. The molecule has 0 aliphatic carbocycles. The van der Waals surface area contributed by atoms with Gasteiger partial charge in [0.25, 0.3) is 0 Å². The Balaban J connectivity index is 0.918. The van der Waals surface area contributed by atoms with Gasteiger partial charge in [0.15, 0.2) is 0 Å². The zero-order valence-corrected chi connectivity index (χ0v) is 32.7. The van der Waals surface area contributed by atoms with E-state index in [9.17, 15) is 24.3 Å². The largest absolute Gasteiger partial charge is 0.494 e. The number of amides is 1. The normalized spacial score (nSPS) is 12.1. The second kappa shape index (κ2) is 21.3. The number of hydrogen-bond acceptors (Lipinski definition) is 9. The average molecular weight is 781 g/mol. The number of carboxylic acid groups (broad SMARTS) is 1. The molecule has 1 atom stereocenters. The SMILES string of the molecule is CCCCOc1ccc(C(=O)Oc2ccc(OCCCCC(=O)OCC(C)(COC(=O)NCCCCCn3c4ccccc4c4ccccc43)C(=O)O)cc2)cc1. The maximum atomic E-state index is 12.5. The fraction of sp³-hybridized carbons (Fsp3) is 0.378. The first-order valence-corrected chi connectivity index (χ1v) is 19.6. The van der Waals surface area contributed by atoms with Crippen LogP contribution in [0.1, 0.15) is 75.6 Å². The molecular weight excluding hydrogens is 728 g/mol. The second-order valence-electron chi connectivity index (χ2n) is 14.2.